The highest BCUT2D eigenvalue weighted by Crippen LogP contribution is 2.28. The lowest BCUT2D eigenvalue weighted by atomic mass is 10.0. The summed E-state index contributed by atoms with van der Waals surface area (Å²) in [6, 6.07) is 8.77. The number of aromatic carboxylic acids is 1. The van der Waals surface area contributed by atoms with Crippen LogP contribution < -0.4 is 5.32 Å². The Kier molecular flexibility index (Phi) is 7.13. The summed E-state index contributed by atoms with van der Waals surface area (Å²) >= 11 is 1.39. The van der Waals surface area contributed by atoms with E-state index < -0.39 is 5.97 Å². The summed E-state index contributed by atoms with van der Waals surface area (Å²) in [5, 5.41) is 12.1. The van der Waals surface area contributed by atoms with Crippen LogP contribution in [0.1, 0.15) is 53.2 Å². The Labute approximate surface area is 151 Å². The fraction of sp³-hybridized carbons (Fsp3) is 0.368. The first-order valence-corrected chi connectivity index (χ1v) is 9.35. The van der Waals surface area contributed by atoms with Gasteiger partial charge in [-0.15, -0.1) is 11.8 Å². The zero-order chi connectivity index (χ0) is 18.2. The molecule has 2 rings (SSSR count). The number of hydrogen-bond donors (Lipinski definition) is 2. The average molecular weight is 361 g/mol. The highest BCUT2D eigenvalue weighted by molar-refractivity contribution is 7.98. The number of carboxylic acid groups (broad SMARTS) is 1. The van der Waals surface area contributed by atoms with Crippen LogP contribution in [0.25, 0.3) is 0 Å². The molecule has 0 fully saturated rings. The van der Waals surface area contributed by atoms with Gasteiger partial charge in [0.05, 0.1) is 17.6 Å². The Balaban J connectivity index is 2.06. The van der Waals surface area contributed by atoms with Gasteiger partial charge in [-0.3, -0.25) is 4.79 Å². The van der Waals surface area contributed by atoms with E-state index in [0.717, 1.165) is 17.7 Å². The summed E-state index contributed by atoms with van der Waals surface area (Å²) in [5.74, 6) is 0.106. The minimum atomic E-state index is -1.01. The first-order valence-electron chi connectivity index (χ1n) is 8.36. The average Bonchev–Trinajstić information content (AvgIpc) is 3.10. The lowest BCUT2D eigenvalue weighted by Gasteiger charge is -2.14. The van der Waals surface area contributed by atoms with Gasteiger partial charge in [0.1, 0.15) is 11.3 Å². The molecule has 0 bridgehead atoms. The number of carbonyl (C=O) groups is 2. The Morgan fingerprint density at radius 1 is 1.16 bits per heavy atom. The van der Waals surface area contributed by atoms with Crippen molar-refractivity contribution < 1.29 is 19.1 Å². The molecule has 0 spiro atoms. The smallest absolute Gasteiger partial charge is 0.339 e. The van der Waals surface area contributed by atoms with Crippen molar-refractivity contribution in [2.75, 3.05) is 6.54 Å². The molecule has 0 aliphatic rings. The summed E-state index contributed by atoms with van der Waals surface area (Å²) in [6.45, 7) is 4.90. The van der Waals surface area contributed by atoms with E-state index in [-0.39, 0.29) is 11.5 Å². The van der Waals surface area contributed by atoms with Gasteiger partial charge in [0.15, 0.2) is 0 Å². The van der Waals surface area contributed by atoms with Crippen LogP contribution in [-0.4, -0.2) is 23.5 Å². The van der Waals surface area contributed by atoms with Gasteiger partial charge in [0.25, 0.3) is 5.91 Å². The van der Waals surface area contributed by atoms with E-state index in [1.54, 1.807) is 6.07 Å². The third kappa shape index (κ3) is 5.13. The highest BCUT2D eigenvalue weighted by atomic mass is 32.2. The number of rotatable bonds is 9. The summed E-state index contributed by atoms with van der Waals surface area (Å²) in [6.07, 6.45) is 3.43. The SMILES string of the molecule is CCC(CC)CNC(=O)c1ccccc1SCc1occc1C(=O)O. The molecule has 1 heterocycles. The molecule has 0 aliphatic carbocycles. The molecule has 25 heavy (non-hydrogen) atoms. The maximum absolute atomic E-state index is 12.5. The van der Waals surface area contributed by atoms with Gasteiger partial charge < -0.3 is 14.8 Å². The van der Waals surface area contributed by atoms with Crippen molar-refractivity contribution in [3.8, 4) is 0 Å². The van der Waals surface area contributed by atoms with Crippen molar-refractivity contribution in [2.45, 2.75) is 37.3 Å². The normalized spacial score (nSPS) is 10.8. The second-order valence-electron chi connectivity index (χ2n) is 5.74. The molecule has 1 amide bonds. The van der Waals surface area contributed by atoms with Crippen LogP contribution >= 0.6 is 11.8 Å². The molecule has 2 N–H and O–H groups in total. The topological polar surface area (TPSA) is 79.5 Å². The van der Waals surface area contributed by atoms with Crippen molar-refractivity contribution in [3.63, 3.8) is 0 Å². The zero-order valence-electron chi connectivity index (χ0n) is 14.5. The molecule has 2 aromatic rings. The molecule has 134 valence electrons. The van der Waals surface area contributed by atoms with Crippen LogP contribution in [0.2, 0.25) is 0 Å². The summed E-state index contributed by atoms with van der Waals surface area (Å²) < 4.78 is 5.25. The lowest BCUT2D eigenvalue weighted by Crippen LogP contribution is -2.29. The number of amides is 1. The monoisotopic (exact) mass is 361 g/mol. The predicted molar refractivity (Wildman–Crippen MR) is 98.1 cm³/mol. The molecule has 0 atom stereocenters. The van der Waals surface area contributed by atoms with Crippen LogP contribution in [0.4, 0.5) is 0 Å². The maximum atomic E-state index is 12.5. The molecule has 0 aliphatic heterocycles. The van der Waals surface area contributed by atoms with Crippen molar-refractivity contribution in [2.24, 2.45) is 5.92 Å². The molecule has 1 aromatic carbocycles. The van der Waals surface area contributed by atoms with Gasteiger partial charge in [-0.2, -0.15) is 0 Å². The van der Waals surface area contributed by atoms with Crippen LogP contribution in [-0.2, 0) is 5.75 Å². The van der Waals surface area contributed by atoms with Gasteiger partial charge in [0, 0.05) is 11.4 Å². The minimum Gasteiger partial charge on any atom is -0.478 e. The van der Waals surface area contributed by atoms with Crippen molar-refractivity contribution in [3.05, 3.63) is 53.5 Å². The largest absolute Gasteiger partial charge is 0.478 e. The first-order chi connectivity index (χ1) is 12.1. The number of nitrogens with one attached hydrogen (secondary N) is 1. The highest BCUT2D eigenvalue weighted by Gasteiger charge is 2.16. The molecule has 6 heteroatoms. The van der Waals surface area contributed by atoms with Crippen LogP contribution in [0.5, 0.6) is 0 Å². The number of carboxylic acids is 1. The van der Waals surface area contributed by atoms with Crippen molar-refractivity contribution in [1.82, 2.24) is 5.32 Å². The van der Waals surface area contributed by atoms with Gasteiger partial charge in [0.2, 0.25) is 0 Å². The van der Waals surface area contributed by atoms with Crippen LogP contribution in [0.3, 0.4) is 0 Å². The number of furan rings is 1. The molecule has 0 unspecified atom stereocenters. The third-order valence-corrected chi connectivity index (χ3v) is 5.25. The Hall–Kier alpha value is -2.21. The molecular weight excluding hydrogens is 338 g/mol. The molecular formula is C19H23NO4S. The second-order valence-corrected chi connectivity index (χ2v) is 6.76. The predicted octanol–water partition coefficient (Wildman–Crippen LogP) is 4.44. The quantitative estimate of drug-likeness (QED) is 0.646. The standard InChI is InChI=1S/C19H23NO4S/c1-3-13(4-2)11-20-18(21)15-7-5-6-8-17(15)25-12-16-14(19(22)23)9-10-24-16/h5-10,13H,3-4,11-12H2,1-2H3,(H,20,21)(H,22,23). The number of benzene rings is 1. The van der Waals surface area contributed by atoms with Crippen molar-refractivity contribution in [1.29, 1.82) is 0 Å². The minimum absolute atomic E-state index is 0.104. The zero-order valence-corrected chi connectivity index (χ0v) is 15.3. The molecule has 1 aromatic heterocycles. The van der Waals surface area contributed by atoms with Gasteiger partial charge in [-0.1, -0.05) is 38.8 Å². The van der Waals surface area contributed by atoms with E-state index in [1.807, 2.05) is 18.2 Å². The fourth-order valence-corrected chi connectivity index (χ4v) is 3.48. The summed E-state index contributed by atoms with van der Waals surface area (Å²) in [4.78, 5) is 24.4. The molecule has 0 radical (unpaired) electrons. The number of thioether (sulfide) groups is 1. The van der Waals surface area contributed by atoms with Gasteiger partial charge in [-0.05, 0) is 24.1 Å². The Morgan fingerprint density at radius 3 is 2.56 bits per heavy atom. The summed E-state index contributed by atoms with van der Waals surface area (Å²) in [5.41, 5.74) is 0.755. The second kappa shape index (κ2) is 9.32. The van der Waals surface area contributed by atoms with Crippen molar-refractivity contribution >= 4 is 23.6 Å². The Morgan fingerprint density at radius 2 is 1.88 bits per heavy atom. The van der Waals surface area contributed by atoms with E-state index in [1.165, 1.54) is 24.1 Å². The van der Waals surface area contributed by atoms with Gasteiger partial charge in [-0.25, -0.2) is 4.79 Å². The van der Waals surface area contributed by atoms with E-state index in [4.69, 9.17) is 9.52 Å². The lowest BCUT2D eigenvalue weighted by molar-refractivity contribution is 0.0694. The summed E-state index contributed by atoms with van der Waals surface area (Å²) in [7, 11) is 0. The fourth-order valence-electron chi connectivity index (χ4n) is 2.48. The first kappa shape index (κ1) is 19.1. The molecule has 5 nitrogen and oxygen atoms in total. The Bertz CT molecular complexity index is 722. The third-order valence-electron chi connectivity index (χ3n) is 4.17. The number of hydrogen-bond acceptors (Lipinski definition) is 4. The molecule has 0 saturated carbocycles. The van der Waals surface area contributed by atoms with E-state index in [9.17, 15) is 9.59 Å². The molecule has 0 saturated heterocycles. The van der Waals surface area contributed by atoms with E-state index >= 15 is 0 Å². The number of carbonyl (C=O) groups excluding carboxylic acids is 1. The maximum Gasteiger partial charge on any atom is 0.339 e. The van der Waals surface area contributed by atoms with Gasteiger partial charge >= 0.3 is 5.97 Å². The van der Waals surface area contributed by atoms with Crippen LogP contribution in [0.15, 0.2) is 45.9 Å². The van der Waals surface area contributed by atoms with E-state index in [0.29, 0.717) is 29.5 Å². The van der Waals surface area contributed by atoms with Crippen LogP contribution in [0, 0.1) is 5.92 Å². The van der Waals surface area contributed by atoms with E-state index in [2.05, 4.69) is 19.2 Å².